The van der Waals surface area contributed by atoms with Gasteiger partial charge in [-0.05, 0) is 56.0 Å². The average Bonchev–Trinajstić information content (AvgIpc) is 2.98. The topological polar surface area (TPSA) is 71.8 Å². The molecule has 1 aliphatic rings. The van der Waals surface area contributed by atoms with Crippen LogP contribution in [0.2, 0.25) is 0 Å². The number of aromatic nitrogens is 3. The fourth-order valence-electron chi connectivity index (χ4n) is 3.93. The molecular formula is C24H29N5O. The van der Waals surface area contributed by atoms with Gasteiger partial charge in [0.25, 0.3) is 5.91 Å². The summed E-state index contributed by atoms with van der Waals surface area (Å²) in [7, 11) is 0. The summed E-state index contributed by atoms with van der Waals surface area (Å²) in [6, 6.07) is 13.8. The predicted octanol–water partition coefficient (Wildman–Crippen LogP) is 4.34. The molecule has 1 amide bonds. The molecule has 0 fully saturated rings. The van der Waals surface area contributed by atoms with E-state index in [-0.39, 0.29) is 5.91 Å². The number of para-hydroxylation sites is 1. The minimum atomic E-state index is -0.0842. The summed E-state index contributed by atoms with van der Waals surface area (Å²) in [5.74, 6) is 1.96. The maximum Gasteiger partial charge on any atom is 0.253 e. The first-order chi connectivity index (χ1) is 14.6. The SMILES string of the molecule is Cc1cccc(Nc2ccccc2C(=O)NCCc2nnc3n2CCCCC3)c1C. The van der Waals surface area contributed by atoms with E-state index in [9.17, 15) is 4.79 Å². The summed E-state index contributed by atoms with van der Waals surface area (Å²) in [5, 5.41) is 15.2. The highest BCUT2D eigenvalue weighted by atomic mass is 16.1. The zero-order chi connectivity index (χ0) is 20.9. The van der Waals surface area contributed by atoms with Crippen LogP contribution in [0.15, 0.2) is 42.5 Å². The maximum absolute atomic E-state index is 12.9. The third-order valence-electron chi connectivity index (χ3n) is 5.87. The molecule has 0 bridgehead atoms. The fraction of sp³-hybridized carbons (Fsp3) is 0.375. The molecule has 0 unspecified atom stereocenters. The number of amides is 1. The van der Waals surface area contributed by atoms with Gasteiger partial charge in [-0.15, -0.1) is 10.2 Å². The monoisotopic (exact) mass is 403 g/mol. The van der Waals surface area contributed by atoms with Crippen LogP contribution < -0.4 is 10.6 Å². The average molecular weight is 404 g/mol. The van der Waals surface area contributed by atoms with Gasteiger partial charge < -0.3 is 15.2 Å². The first-order valence-corrected chi connectivity index (χ1v) is 10.7. The molecule has 6 heteroatoms. The van der Waals surface area contributed by atoms with E-state index >= 15 is 0 Å². The van der Waals surface area contributed by atoms with Crippen molar-refractivity contribution in [3.8, 4) is 0 Å². The first-order valence-electron chi connectivity index (χ1n) is 10.7. The standard InChI is InChI=1S/C24H29N5O/c1-17-9-8-12-20(18(17)2)26-21-11-6-5-10-19(21)24(30)25-15-14-23-28-27-22-13-4-3-7-16-29(22)23/h5-6,8-12,26H,3-4,7,13-16H2,1-2H3,(H,25,30). The number of nitrogens with one attached hydrogen (secondary N) is 2. The lowest BCUT2D eigenvalue weighted by molar-refractivity contribution is 0.0954. The predicted molar refractivity (Wildman–Crippen MR) is 119 cm³/mol. The van der Waals surface area contributed by atoms with Crippen molar-refractivity contribution in [2.24, 2.45) is 0 Å². The van der Waals surface area contributed by atoms with E-state index in [0.717, 1.165) is 36.0 Å². The van der Waals surface area contributed by atoms with E-state index in [1.54, 1.807) is 0 Å². The van der Waals surface area contributed by atoms with Crippen molar-refractivity contribution in [3.63, 3.8) is 0 Å². The van der Waals surface area contributed by atoms with Crippen molar-refractivity contribution in [3.05, 3.63) is 70.8 Å². The fourth-order valence-corrected chi connectivity index (χ4v) is 3.93. The van der Waals surface area contributed by atoms with Gasteiger partial charge in [0.15, 0.2) is 0 Å². The molecule has 2 N–H and O–H groups in total. The van der Waals surface area contributed by atoms with Crippen LogP contribution in [0.1, 0.15) is 52.4 Å². The lowest BCUT2D eigenvalue weighted by Crippen LogP contribution is -2.27. The van der Waals surface area contributed by atoms with Crippen molar-refractivity contribution in [1.82, 2.24) is 20.1 Å². The molecule has 0 aliphatic carbocycles. The number of rotatable bonds is 6. The van der Waals surface area contributed by atoms with Crippen LogP contribution in [0.5, 0.6) is 0 Å². The van der Waals surface area contributed by atoms with E-state index in [1.807, 2.05) is 36.4 Å². The molecule has 2 heterocycles. The lowest BCUT2D eigenvalue weighted by atomic mass is 10.1. The van der Waals surface area contributed by atoms with Gasteiger partial charge >= 0.3 is 0 Å². The number of carbonyl (C=O) groups is 1. The molecule has 4 rings (SSSR count). The molecule has 0 saturated carbocycles. The van der Waals surface area contributed by atoms with Crippen LogP contribution in [0.25, 0.3) is 0 Å². The van der Waals surface area contributed by atoms with Crippen molar-refractivity contribution in [2.75, 3.05) is 11.9 Å². The summed E-state index contributed by atoms with van der Waals surface area (Å²) in [5.41, 5.74) is 4.86. The third kappa shape index (κ3) is 4.37. The number of aryl methyl sites for hydroxylation is 2. The minimum absolute atomic E-state index is 0.0842. The second kappa shape index (κ2) is 9.11. The quantitative estimate of drug-likeness (QED) is 0.642. The number of anilines is 2. The number of hydrogen-bond acceptors (Lipinski definition) is 4. The van der Waals surface area contributed by atoms with Gasteiger partial charge in [-0.3, -0.25) is 4.79 Å². The van der Waals surface area contributed by atoms with Crippen molar-refractivity contribution in [1.29, 1.82) is 0 Å². The number of fused-ring (bicyclic) bond motifs is 1. The van der Waals surface area contributed by atoms with Crippen LogP contribution in [-0.2, 0) is 19.4 Å². The van der Waals surface area contributed by atoms with E-state index in [1.165, 1.54) is 30.4 Å². The maximum atomic E-state index is 12.9. The molecule has 0 atom stereocenters. The summed E-state index contributed by atoms with van der Waals surface area (Å²) in [6.45, 7) is 5.69. The van der Waals surface area contributed by atoms with Gasteiger partial charge in [-0.1, -0.05) is 30.7 Å². The highest BCUT2D eigenvalue weighted by molar-refractivity contribution is 6.00. The molecule has 30 heavy (non-hydrogen) atoms. The summed E-state index contributed by atoms with van der Waals surface area (Å²) in [6.07, 6.45) is 5.27. The Kier molecular flexibility index (Phi) is 6.12. The Bertz CT molecular complexity index is 1040. The number of carbonyl (C=O) groups excluding carboxylic acids is 1. The molecule has 0 radical (unpaired) electrons. The second-order valence-electron chi connectivity index (χ2n) is 7.92. The molecule has 1 aliphatic heterocycles. The molecule has 0 saturated heterocycles. The molecule has 156 valence electrons. The second-order valence-corrected chi connectivity index (χ2v) is 7.92. The Hall–Kier alpha value is -3.15. The third-order valence-corrected chi connectivity index (χ3v) is 5.87. The van der Waals surface area contributed by atoms with Gasteiger partial charge in [0.2, 0.25) is 0 Å². The van der Waals surface area contributed by atoms with E-state index in [4.69, 9.17) is 0 Å². The van der Waals surface area contributed by atoms with Gasteiger partial charge in [0.05, 0.1) is 11.3 Å². The Labute approximate surface area is 177 Å². The Morgan fingerprint density at radius 1 is 1.00 bits per heavy atom. The Balaban J connectivity index is 1.42. The Morgan fingerprint density at radius 3 is 2.73 bits per heavy atom. The van der Waals surface area contributed by atoms with Crippen LogP contribution in [0.4, 0.5) is 11.4 Å². The minimum Gasteiger partial charge on any atom is -0.355 e. The number of benzene rings is 2. The van der Waals surface area contributed by atoms with Gasteiger partial charge in [0, 0.05) is 31.6 Å². The molecule has 1 aromatic heterocycles. The van der Waals surface area contributed by atoms with E-state index in [2.05, 4.69) is 45.3 Å². The summed E-state index contributed by atoms with van der Waals surface area (Å²) in [4.78, 5) is 12.9. The molecule has 3 aromatic rings. The zero-order valence-electron chi connectivity index (χ0n) is 17.7. The summed E-state index contributed by atoms with van der Waals surface area (Å²) < 4.78 is 2.23. The molecule has 0 spiro atoms. The van der Waals surface area contributed by atoms with Crippen LogP contribution in [0, 0.1) is 13.8 Å². The van der Waals surface area contributed by atoms with Gasteiger partial charge in [0.1, 0.15) is 11.6 Å². The van der Waals surface area contributed by atoms with Crippen molar-refractivity contribution >= 4 is 17.3 Å². The van der Waals surface area contributed by atoms with Crippen LogP contribution in [0.3, 0.4) is 0 Å². The zero-order valence-corrected chi connectivity index (χ0v) is 17.7. The largest absolute Gasteiger partial charge is 0.355 e. The normalized spacial score (nSPS) is 13.4. The Morgan fingerprint density at radius 2 is 1.83 bits per heavy atom. The van der Waals surface area contributed by atoms with Crippen LogP contribution >= 0.6 is 0 Å². The van der Waals surface area contributed by atoms with E-state index < -0.39 is 0 Å². The number of nitrogens with zero attached hydrogens (tertiary/aromatic N) is 3. The highest BCUT2D eigenvalue weighted by Crippen LogP contribution is 2.25. The molecule has 2 aromatic carbocycles. The molecule has 6 nitrogen and oxygen atoms in total. The molecular weight excluding hydrogens is 374 g/mol. The van der Waals surface area contributed by atoms with Gasteiger partial charge in [-0.25, -0.2) is 0 Å². The van der Waals surface area contributed by atoms with Gasteiger partial charge in [-0.2, -0.15) is 0 Å². The van der Waals surface area contributed by atoms with Crippen LogP contribution in [-0.4, -0.2) is 27.2 Å². The first kappa shape index (κ1) is 20.1. The highest BCUT2D eigenvalue weighted by Gasteiger charge is 2.16. The van der Waals surface area contributed by atoms with Crippen molar-refractivity contribution < 1.29 is 4.79 Å². The lowest BCUT2D eigenvalue weighted by Gasteiger charge is -2.15. The number of hydrogen-bond donors (Lipinski definition) is 2. The smallest absolute Gasteiger partial charge is 0.253 e. The van der Waals surface area contributed by atoms with Crippen molar-refractivity contribution in [2.45, 2.75) is 52.5 Å². The van der Waals surface area contributed by atoms with E-state index in [0.29, 0.717) is 18.5 Å². The summed E-state index contributed by atoms with van der Waals surface area (Å²) >= 11 is 0.